The molecule has 1 aromatic carbocycles. The van der Waals surface area contributed by atoms with Gasteiger partial charge in [-0.15, -0.1) is 4.40 Å². The smallest absolute Gasteiger partial charge is 0.344 e. The van der Waals surface area contributed by atoms with Gasteiger partial charge in [0, 0.05) is 0 Å². The van der Waals surface area contributed by atoms with Crippen molar-refractivity contribution in [1.29, 1.82) is 0 Å². The largest absolute Gasteiger partial charge is 0.493 e. The highest BCUT2D eigenvalue weighted by atomic mass is 32.2. The Kier molecular flexibility index (Phi) is 4.17. The lowest BCUT2D eigenvalue weighted by Gasteiger charge is -2.19. The Morgan fingerprint density at radius 2 is 2.15 bits per heavy atom. The number of rotatable bonds is 5. The third kappa shape index (κ3) is 3.41. The van der Waals surface area contributed by atoms with E-state index in [1.165, 1.54) is 0 Å². The molecule has 1 aliphatic heterocycles. The number of anilines is 1. The van der Waals surface area contributed by atoms with Gasteiger partial charge in [0.15, 0.2) is 5.84 Å². The molecule has 0 spiro atoms. The monoisotopic (exact) mass is 297 g/mol. The second-order valence-electron chi connectivity index (χ2n) is 5.12. The van der Waals surface area contributed by atoms with Gasteiger partial charge >= 0.3 is 10.2 Å². The molecule has 0 aliphatic carbocycles. The minimum atomic E-state index is -3.74. The molecule has 0 saturated heterocycles. The van der Waals surface area contributed by atoms with E-state index in [2.05, 4.69) is 23.0 Å². The Morgan fingerprint density at radius 1 is 1.40 bits per heavy atom. The van der Waals surface area contributed by atoms with Gasteiger partial charge in [0.05, 0.1) is 17.9 Å². The number of nitrogens with zero attached hydrogens (tertiary/aromatic N) is 1. The fourth-order valence-electron chi connectivity index (χ4n) is 2.01. The minimum Gasteiger partial charge on any atom is -0.493 e. The summed E-state index contributed by atoms with van der Waals surface area (Å²) in [6.07, 6.45) is 2.01. The Balaban J connectivity index is 2.17. The lowest BCUT2D eigenvalue weighted by Crippen LogP contribution is -2.27. The third-order valence-corrected chi connectivity index (χ3v) is 3.84. The summed E-state index contributed by atoms with van der Waals surface area (Å²) in [5, 5.41) is 0. The summed E-state index contributed by atoms with van der Waals surface area (Å²) in [6, 6.07) is 5.11. The highest BCUT2D eigenvalue weighted by molar-refractivity contribution is 7.91. The lowest BCUT2D eigenvalue weighted by molar-refractivity contribution is 0.297. The van der Waals surface area contributed by atoms with Gasteiger partial charge in [-0.05, 0) is 30.9 Å². The van der Waals surface area contributed by atoms with E-state index < -0.39 is 10.2 Å². The first-order valence-electron chi connectivity index (χ1n) is 6.53. The quantitative estimate of drug-likeness (QED) is 0.811. The van der Waals surface area contributed by atoms with Crippen molar-refractivity contribution in [3.63, 3.8) is 0 Å². The Morgan fingerprint density at radius 3 is 2.85 bits per heavy atom. The number of hydrogen-bond donors (Lipinski definition) is 2. The summed E-state index contributed by atoms with van der Waals surface area (Å²) in [5.41, 5.74) is 6.63. The SMILES string of the molecule is CC(C)CCCOc1cccc2c1C(N)=NS(=O)(=O)N2. The molecule has 6 nitrogen and oxygen atoms in total. The van der Waals surface area contributed by atoms with Crippen molar-refractivity contribution in [1.82, 2.24) is 0 Å². The molecule has 0 atom stereocenters. The van der Waals surface area contributed by atoms with Crippen LogP contribution in [0.1, 0.15) is 32.3 Å². The molecule has 0 aromatic heterocycles. The maximum atomic E-state index is 11.5. The van der Waals surface area contributed by atoms with Crippen LogP contribution in [0.2, 0.25) is 0 Å². The minimum absolute atomic E-state index is 0.0433. The summed E-state index contributed by atoms with van der Waals surface area (Å²) >= 11 is 0. The second kappa shape index (κ2) is 5.70. The van der Waals surface area contributed by atoms with Gasteiger partial charge in [-0.3, -0.25) is 4.72 Å². The average Bonchev–Trinajstić information content (AvgIpc) is 2.32. The van der Waals surface area contributed by atoms with Gasteiger partial charge in [0.2, 0.25) is 0 Å². The summed E-state index contributed by atoms with van der Waals surface area (Å²) < 4.78 is 34.4. The summed E-state index contributed by atoms with van der Waals surface area (Å²) in [6.45, 7) is 4.88. The zero-order valence-electron chi connectivity index (χ0n) is 11.6. The molecular weight excluding hydrogens is 278 g/mol. The molecule has 20 heavy (non-hydrogen) atoms. The molecule has 0 unspecified atom stereocenters. The molecule has 1 aliphatic rings. The van der Waals surface area contributed by atoms with Crippen molar-refractivity contribution in [2.75, 3.05) is 11.3 Å². The van der Waals surface area contributed by atoms with Gasteiger partial charge in [0.25, 0.3) is 0 Å². The summed E-state index contributed by atoms with van der Waals surface area (Å²) in [5.74, 6) is 1.13. The van der Waals surface area contributed by atoms with Crippen molar-refractivity contribution in [2.45, 2.75) is 26.7 Å². The van der Waals surface area contributed by atoms with Gasteiger partial charge in [-0.25, -0.2) is 0 Å². The number of fused-ring (bicyclic) bond motifs is 1. The Bertz CT molecular complexity index is 624. The van der Waals surface area contributed by atoms with Crippen LogP contribution in [-0.4, -0.2) is 20.9 Å². The molecule has 0 amide bonds. The number of benzene rings is 1. The molecule has 2 rings (SSSR count). The molecule has 7 heteroatoms. The fourth-order valence-corrected chi connectivity index (χ4v) is 2.86. The van der Waals surface area contributed by atoms with E-state index in [1.807, 2.05) is 0 Å². The average molecular weight is 297 g/mol. The van der Waals surface area contributed by atoms with Crippen molar-refractivity contribution >= 4 is 21.7 Å². The van der Waals surface area contributed by atoms with Crippen LogP contribution in [-0.2, 0) is 10.2 Å². The normalized spacial score (nSPS) is 16.2. The standard InChI is InChI=1S/C13H19N3O3S/c1-9(2)5-4-8-19-11-7-3-6-10-12(11)13(14)16-20(17,18)15-10/h3,6-7,9,15H,4-5,8H2,1-2H3,(H2,14,16). The Hall–Kier alpha value is -1.76. The van der Waals surface area contributed by atoms with Gasteiger partial charge in [-0.2, -0.15) is 8.42 Å². The van der Waals surface area contributed by atoms with Crippen LogP contribution in [0.5, 0.6) is 5.75 Å². The van der Waals surface area contributed by atoms with E-state index in [-0.39, 0.29) is 5.84 Å². The number of nitrogens with two attached hydrogens (primary N) is 1. The molecule has 1 heterocycles. The lowest BCUT2D eigenvalue weighted by atomic mass is 10.1. The predicted molar refractivity (Wildman–Crippen MR) is 79.3 cm³/mol. The van der Waals surface area contributed by atoms with Crippen LogP contribution in [0.3, 0.4) is 0 Å². The van der Waals surface area contributed by atoms with E-state index in [1.54, 1.807) is 18.2 Å². The number of amidine groups is 1. The van der Waals surface area contributed by atoms with Crippen LogP contribution in [0.4, 0.5) is 5.69 Å². The van der Waals surface area contributed by atoms with E-state index in [9.17, 15) is 8.42 Å². The predicted octanol–water partition coefficient (Wildman–Crippen LogP) is 1.88. The van der Waals surface area contributed by atoms with Crippen LogP contribution < -0.4 is 15.2 Å². The fraction of sp³-hybridized carbons (Fsp3) is 0.462. The van der Waals surface area contributed by atoms with Gasteiger partial charge in [-0.1, -0.05) is 19.9 Å². The van der Waals surface area contributed by atoms with Crippen molar-refractivity contribution in [2.24, 2.45) is 16.0 Å². The molecular formula is C13H19N3O3S. The highest BCUT2D eigenvalue weighted by Crippen LogP contribution is 2.30. The molecule has 0 saturated carbocycles. The molecule has 1 aromatic rings. The zero-order chi connectivity index (χ0) is 14.8. The Labute approximate surface area is 119 Å². The third-order valence-electron chi connectivity index (χ3n) is 2.92. The van der Waals surface area contributed by atoms with Crippen molar-refractivity contribution < 1.29 is 13.2 Å². The van der Waals surface area contributed by atoms with Crippen LogP contribution in [0, 0.1) is 5.92 Å². The van der Waals surface area contributed by atoms with Gasteiger partial charge in [0.1, 0.15) is 5.75 Å². The van der Waals surface area contributed by atoms with E-state index in [4.69, 9.17) is 10.5 Å². The first-order valence-corrected chi connectivity index (χ1v) is 7.97. The van der Waals surface area contributed by atoms with E-state index in [0.29, 0.717) is 29.5 Å². The van der Waals surface area contributed by atoms with Crippen LogP contribution in [0.25, 0.3) is 0 Å². The van der Waals surface area contributed by atoms with Gasteiger partial charge < -0.3 is 10.5 Å². The number of ether oxygens (including phenoxy) is 1. The van der Waals surface area contributed by atoms with Crippen LogP contribution in [0.15, 0.2) is 22.6 Å². The van der Waals surface area contributed by atoms with E-state index in [0.717, 1.165) is 12.8 Å². The summed E-state index contributed by atoms with van der Waals surface area (Å²) in [4.78, 5) is 0. The number of nitrogens with one attached hydrogen (secondary N) is 1. The van der Waals surface area contributed by atoms with Crippen molar-refractivity contribution in [3.8, 4) is 5.75 Å². The molecule has 0 fully saturated rings. The zero-order valence-corrected chi connectivity index (χ0v) is 12.4. The first-order chi connectivity index (χ1) is 9.39. The van der Waals surface area contributed by atoms with Crippen molar-refractivity contribution in [3.05, 3.63) is 23.8 Å². The number of hydrogen-bond acceptors (Lipinski definition) is 4. The van der Waals surface area contributed by atoms with Crippen LogP contribution >= 0.6 is 0 Å². The topological polar surface area (TPSA) is 93.8 Å². The first kappa shape index (κ1) is 14.6. The summed E-state index contributed by atoms with van der Waals surface area (Å²) in [7, 11) is -3.74. The molecule has 110 valence electrons. The highest BCUT2D eigenvalue weighted by Gasteiger charge is 2.24. The maximum Gasteiger partial charge on any atom is 0.344 e. The second-order valence-corrected chi connectivity index (χ2v) is 6.45. The molecule has 3 N–H and O–H groups in total. The molecule has 0 bridgehead atoms. The van der Waals surface area contributed by atoms with E-state index >= 15 is 0 Å². The maximum absolute atomic E-state index is 11.5. The molecule has 0 radical (unpaired) electrons.